The van der Waals surface area contributed by atoms with Gasteiger partial charge in [0.25, 0.3) is 5.56 Å². The van der Waals surface area contributed by atoms with Crippen LogP contribution in [0.5, 0.6) is 0 Å². The summed E-state index contributed by atoms with van der Waals surface area (Å²) in [5.41, 5.74) is 1.32. The fourth-order valence-electron chi connectivity index (χ4n) is 2.99. The minimum atomic E-state index is -0.512. The number of para-hydroxylation sites is 1. The highest BCUT2D eigenvalue weighted by Gasteiger charge is 2.14. The molecule has 29 heavy (non-hydrogen) atoms. The lowest BCUT2D eigenvalue weighted by Gasteiger charge is -2.14. The third-order valence-electron chi connectivity index (χ3n) is 4.48. The van der Waals surface area contributed by atoms with E-state index in [2.05, 4.69) is 4.98 Å². The van der Waals surface area contributed by atoms with Gasteiger partial charge >= 0.3 is 0 Å². The zero-order valence-electron chi connectivity index (χ0n) is 15.1. The number of hydrogen-bond acceptors (Lipinski definition) is 3. The van der Waals surface area contributed by atoms with Gasteiger partial charge in [-0.05, 0) is 42.0 Å². The fourth-order valence-corrected chi connectivity index (χ4v) is 4.16. The summed E-state index contributed by atoms with van der Waals surface area (Å²) in [6.45, 7) is 0.226. The maximum absolute atomic E-state index is 14.0. The van der Waals surface area contributed by atoms with Crippen LogP contribution in [-0.2, 0) is 12.3 Å². The summed E-state index contributed by atoms with van der Waals surface area (Å²) in [7, 11) is 0. The average molecular weight is 429 g/mol. The summed E-state index contributed by atoms with van der Waals surface area (Å²) in [5, 5.41) is 1.44. The summed E-state index contributed by atoms with van der Waals surface area (Å²) in [4.78, 5) is 17.7. The Hall–Kier alpha value is -2.70. The van der Waals surface area contributed by atoms with E-state index in [-0.39, 0.29) is 23.4 Å². The SMILES string of the molecule is O=c1c2ccccc2nc(SCc2cc(F)ccc2F)n1Cc1ccccc1Cl. The molecular formula is C22H15ClF2N2OS. The van der Waals surface area contributed by atoms with Gasteiger partial charge in [-0.2, -0.15) is 0 Å². The number of hydrogen-bond donors (Lipinski definition) is 0. The van der Waals surface area contributed by atoms with E-state index in [1.807, 2.05) is 18.2 Å². The molecule has 0 aliphatic carbocycles. The van der Waals surface area contributed by atoms with Gasteiger partial charge in [0.05, 0.1) is 17.4 Å². The van der Waals surface area contributed by atoms with Crippen molar-refractivity contribution in [1.82, 2.24) is 9.55 Å². The van der Waals surface area contributed by atoms with E-state index in [0.717, 1.165) is 23.8 Å². The summed E-state index contributed by atoms with van der Waals surface area (Å²) >= 11 is 7.45. The highest BCUT2D eigenvalue weighted by molar-refractivity contribution is 7.98. The maximum atomic E-state index is 14.0. The first-order chi connectivity index (χ1) is 14.0. The van der Waals surface area contributed by atoms with Crippen LogP contribution in [-0.4, -0.2) is 9.55 Å². The number of aromatic nitrogens is 2. The summed E-state index contributed by atoms with van der Waals surface area (Å²) < 4.78 is 29.0. The minimum absolute atomic E-state index is 0.136. The van der Waals surface area contributed by atoms with Gasteiger partial charge in [-0.15, -0.1) is 0 Å². The summed E-state index contributed by atoms with van der Waals surface area (Å²) in [6.07, 6.45) is 0. The Bertz CT molecular complexity index is 1260. The second kappa shape index (κ2) is 8.35. The summed E-state index contributed by atoms with van der Waals surface area (Å²) in [6, 6.07) is 17.6. The molecule has 0 fully saturated rings. The lowest BCUT2D eigenvalue weighted by atomic mass is 10.2. The molecule has 1 aromatic heterocycles. The predicted octanol–water partition coefficient (Wildman–Crippen LogP) is 5.67. The van der Waals surface area contributed by atoms with Gasteiger partial charge < -0.3 is 0 Å². The molecule has 0 saturated heterocycles. The van der Waals surface area contributed by atoms with E-state index in [9.17, 15) is 13.6 Å². The van der Waals surface area contributed by atoms with Crippen molar-refractivity contribution in [3.8, 4) is 0 Å². The number of fused-ring (bicyclic) bond motifs is 1. The number of benzene rings is 3. The van der Waals surface area contributed by atoms with Crippen molar-refractivity contribution in [2.75, 3.05) is 0 Å². The van der Waals surface area contributed by atoms with Crippen molar-refractivity contribution >= 4 is 34.3 Å². The van der Waals surface area contributed by atoms with Gasteiger partial charge in [-0.25, -0.2) is 13.8 Å². The first kappa shape index (κ1) is 19.6. The van der Waals surface area contributed by atoms with E-state index in [4.69, 9.17) is 11.6 Å². The molecule has 0 bridgehead atoms. The molecule has 7 heteroatoms. The van der Waals surface area contributed by atoms with Crippen molar-refractivity contribution in [2.45, 2.75) is 17.5 Å². The number of thioether (sulfide) groups is 1. The first-order valence-corrected chi connectivity index (χ1v) is 10.2. The van der Waals surface area contributed by atoms with Crippen LogP contribution in [0.2, 0.25) is 5.02 Å². The largest absolute Gasteiger partial charge is 0.283 e. The Morgan fingerprint density at radius 3 is 2.55 bits per heavy atom. The van der Waals surface area contributed by atoms with Crippen LogP contribution < -0.4 is 5.56 Å². The Balaban J connectivity index is 1.78. The summed E-state index contributed by atoms with van der Waals surface area (Å²) in [5.74, 6) is -0.877. The van der Waals surface area contributed by atoms with Crippen LogP contribution >= 0.6 is 23.4 Å². The van der Waals surface area contributed by atoms with Crippen LogP contribution in [0.3, 0.4) is 0 Å². The molecule has 3 nitrogen and oxygen atoms in total. The van der Waals surface area contributed by atoms with Crippen LogP contribution in [0.4, 0.5) is 8.78 Å². The highest BCUT2D eigenvalue weighted by Crippen LogP contribution is 2.25. The van der Waals surface area contributed by atoms with Gasteiger partial charge in [-0.1, -0.05) is 53.7 Å². The van der Waals surface area contributed by atoms with E-state index in [1.54, 1.807) is 30.3 Å². The molecule has 4 rings (SSSR count). The minimum Gasteiger partial charge on any atom is -0.283 e. The quantitative estimate of drug-likeness (QED) is 0.303. The molecule has 0 aliphatic rings. The molecular weight excluding hydrogens is 414 g/mol. The molecule has 0 aliphatic heterocycles. The zero-order valence-corrected chi connectivity index (χ0v) is 16.7. The monoisotopic (exact) mass is 428 g/mol. The van der Waals surface area contributed by atoms with Gasteiger partial charge in [0.2, 0.25) is 0 Å². The smallest absolute Gasteiger partial charge is 0.262 e. The van der Waals surface area contributed by atoms with Crippen molar-refractivity contribution in [2.24, 2.45) is 0 Å². The van der Waals surface area contributed by atoms with Crippen molar-refractivity contribution in [1.29, 1.82) is 0 Å². The van der Waals surface area contributed by atoms with Crippen molar-refractivity contribution < 1.29 is 8.78 Å². The van der Waals surface area contributed by atoms with Crippen LogP contribution in [0.15, 0.2) is 76.7 Å². The van der Waals surface area contributed by atoms with E-state index < -0.39 is 11.6 Å². The third-order valence-corrected chi connectivity index (χ3v) is 5.87. The molecule has 0 atom stereocenters. The topological polar surface area (TPSA) is 34.9 Å². The van der Waals surface area contributed by atoms with Crippen molar-refractivity contribution in [3.63, 3.8) is 0 Å². The standard InChI is InChI=1S/C22H15ClF2N2OS/c23-18-7-3-1-5-14(18)12-27-21(28)17-6-2-4-8-20(17)26-22(27)29-13-15-11-16(24)9-10-19(15)25/h1-11H,12-13H2. The second-order valence-corrected chi connectivity index (χ2v) is 7.77. The molecule has 3 aromatic carbocycles. The fraction of sp³-hybridized carbons (Fsp3) is 0.0909. The van der Waals surface area contributed by atoms with Gasteiger partial charge in [0.1, 0.15) is 11.6 Å². The Kier molecular flexibility index (Phi) is 5.65. The maximum Gasteiger partial charge on any atom is 0.262 e. The zero-order chi connectivity index (χ0) is 20.4. The Morgan fingerprint density at radius 1 is 0.966 bits per heavy atom. The number of rotatable bonds is 5. The van der Waals surface area contributed by atoms with Crippen molar-refractivity contribution in [3.05, 3.63) is 105 Å². The molecule has 4 aromatic rings. The highest BCUT2D eigenvalue weighted by atomic mass is 35.5. The molecule has 0 N–H and O–H groups in total. The molecule has 0 saturated carbocycles. The van der Waals surface area contributed by atoms with Crippen LogP contribution in [0.1, 0.15) is 11.1 Å². The van der Waals surface area contributed by atoms with E-state index in [0.29, 0.717) is 21.1 Å². The Morgan fingerprint density at radius 2 is 1.72 bits per heavy atom. The molecule has 0 radical (unpaired) electrons. The third kappa shape index (κ3) is 4.18. The van der Waals surface area contributed by atoms with E-state index >= 15 is 0 Å². The second-order valence-electron chi connectivity index (χ2n) is 6.42. The van der Waals surface area contributed by atoms with Gasteiger partial charge in [-0.3, -0.25) is 9.36 Å². The van der Waals surface area contributed by atoms with Crippen LogP contribution in [0, 0.1) is 11.6 Å². The number of nitrogens with zero attached hydrogens (tertiary/aromatic N) is 2. The lowest BCUT2D eigenvalue weighted by Crippen LogP contribution is -2.24. The van der Waals surface area contributed by atoms with E-state index in [1.165, 1.54) is 16.3 Å². The first-order valence-electron chi connectivity index (χ1n) is 8.82. The molecule has 0 unspecified atom stereocenters. The average Bonchev–Trinajstić information content (AvgIpc) is 2.72. The van der Waals surface area contributed by atoms with Crippen LogP contribution in [0.25, 0.3) is 10.9 Å². The molecule has 1 heterocycles. The molecule has 146 valence electrons. The lowest BCUT2D eigenvalue weighted by molar-refractivity contribution is 0.591. The molecule has 0 spiro atoms. The molecule has 0 amide bonds. The van der Waals surface area contributed by atoms with Gasteiger partial charge in [0.15, 0.2) is 5.16 Å². The predicted molar refractivity (Wildman–Crippen MR) is 112 cm³/mol. The number of halogens is 3. The normalized spacial score (nSPS) is 11.1. The van der Waals surface area contributed by atoms with Gasteiger partial charge in [0, 0.05) is 16.3 Å². The Labute approximate surface area is 175 Å².